The minimum Gasteiger partial charge on any atom is -0.366 e. The summed E-state index contributed by atoms with van der Waals surface area (Å²) in [7, 11) is 5.81. The SMILES string of the molecule is CCCC(OC)N(C)C. The smallest absolute Gasteiger partial charge is 0.109 e. The highest BCUT2D eigenvalue weighted by atomic mass is 16.5. The topological polar surface area (TPSA) is 12.5 Å². The summed E-state index contributed by atoms with van der Waals surface area (Å²) in [5.74, 6) is 0. The first-order chi connectivity index (χ1) is 4.22. The van der Waals surface area contributed by atoms with Crippen molar-refractivity contribution in [3.05, 3.63) is 0 Å². The fraction of sp³-hybridized carbons (Fsp3) is 1.00. The van der Waals surface area contributed by atoms with Crippen LogP contribution in [0.25, 0.3) is 0 Å². The summed E-state index contributed by atoms with van der Waals surface area (Å²) < 4.78 is 5.18. The van der Waals surface area contributed by atoms with Gasteiger partial charge in [-0.15, -0.1) is 0 Å². The Labute approximate surface area is 57.8 Å². The van der Waals surface area contributed by atoms with Gasteiger partial charge in [-0.1, -0.05) is 13.3 Å². The largest absolute Gasteiger partial charge is 0.366 e. The Morgan fingerprint density at radius 2 is 2.00 bits per heavy atom. The van der Waals surface area contributed by atoms with Gasteiger partial charge in [-0.25, -0.2) is 0 Å². The lowest BCUT2D eigenvalue weighted by Crippen LogP contribution is -2.29. The van der Waals surface area contributed by atoms with Gasteiger partial charge in [-0.05, 0) is 20.5 Å². The van der Waals surface area contributed by atoms with E-state index in [-0.39, 0.29) is 0 Å². The lowest BCUT2D eigenvalue weighted by atomic mass is 10.3. The molecule has 0 saturated carbocycles. The van der Waals surface area contributed by atoms with E-state index in [0.717, 1.165) is 6.42 Å². The van der Waals surface area contributed by atoms with Gasteiger partial charge in [0.25, 0.3) is 0 Å². The van der Waals surface area contributed by atoms with E-state index in [1.165, 1.54) is 6.42 Å². The van der Waals surface area contributed by atoms with E-state index < -0.39 is 0 Å². The second kappa shape index (κ2) is 4.77. The average molecular weight is 131 g/mol. The lowest BCUT2D eigenvalue weighted by Gasteiger charge is -2.21. The number of methoxy groups -OCH3 is 1. The van der Waals surface area contributed by atoms with Crippen LogP contribution in [0.15, 0.2) is 0 Å². The number of rotatable bonds is 4. The Bertz CT molecular complexity index is 63.9. The molecule has 2 heteroatoms. The quantitative estimate of drug-likeness (QED) is 0.533. The molecule has 0 aliphatic carbocycles. The van der Waals surface area contributed by atoms with Gasteiger partial charge < -0.3 is 4.74 Å². The van der Waals surface area contributed by atoms with Crippen LogP contribution in [0, 0.1) is 0 Å². The van der Waals surface area contributed by atoms with Gasteiger partial charge in [-0.3, -0.25) is 4.90 Å². The normalized spacial score (nSPS) is 14.3. The van der Waals surface area contributed by atoms with Crippen LogP contribution in [0.2, 0.25) is 0 Å². The van der Waals surface area contributed by atoms with Crippen molar-refractivity contribution in [2.45, 2.75) is 26.0 Å². The highest BCUT2D eigenvalue weighted by Gasteiger charge is 2.06. The fourth-order valence-corrected chi connectivity index (χ4v) is 0.834. The van der Waals surface area contributed by atoms with E-state index in [1.54, 1.807) is 7.11 Å². The average Bonchev–Trinajstić information content (AvgIpc) is 1.82. The molecule has 0 spiro atoms. The molecule has 0 rings (SSSR count). The van der Waals surface area contributed by atoms with Crippen molar-refractivity contribution >= 4 is 0 Å². The summed E-state index contributed by atoms with van der Waals surface area (Å²) in [6.45, 7) is 2.16. The number of hydrogen-bond donors (Lipinski definition) is 0. The van der Waals surface area contributed by atoms with Crippen molar-refractivity contribution < 1.29 is 4.74 Å². The predicted molar refractivity (Wildman–Crippen MR) is 39.4 cm³/mol. The molecule has 0 bridgehead atoms. The first-order valence-corrected chi connectivity index (χ1v) is 3.41. The molecule has 0 N–H and O–H groups in total. The minimum atomic E-state index is 0.301. The van der Waals surface area contributed by atoms with Crippen LogP contribution in [-0.4, -0.2) is 32.3 Å². The third kappa shape index (κ3) is 3.49. The van der Waals surface area contributed by atoms with Crippen LogP contribution in [0.5, 0.6) is 0 Å². The molecule has 0 aromatic rings. The molecule has 56 valence electrons. The summed E-state index contributed by atoms with van der Waals surface area (Å²) in [5.41, 5.74) is 0. The van der Waals surface area contributed by atoms with Crippen molar-refractivity contribution in [3.8, 4) is 0 Å². The molecule has 1 unspecified atom stereocenters. The molecule has 0 radical (unpaired) electrons. The Balaban J connectivity index is 3.41. The zero-order valence-corrected chi connectivity index (χ0v) is 6.85. The Morgan fingerprint density at radius 3 is 2.11 bits per heavy atom. The molecule has 2 nitrogen and oxygen atoms in total. The second-order valence-electron chi connectivity index (χ2n) is 2.44. The van der Waals surface area contributed by atoms with Crippen LogP contribution in [0.1, 0.15) is 19.8 Å². The van der Waals surface area contributed by atoms with Crippen molar-refractivity contribution in [3.63, 3.8) is 0 Å². The summed E-state index contributed by atoms with van der Waals surface area (Å²) in [6.07, 6.45) is 2.59. The highest BCUT2D eigenvalue weighted by Crippen LogP contribution is 2.01. The monoisotopic (exact) mass is 131 g/mol. The molecule has 9 heavy (non-hydrogen) atoms. The maximum Gasteiger partial charge on any atom is 0.109 e. The van der Waals surface area contributed by atoms with Gasteiger partial charge in [0.15, 0.2) is 0 Å². The molecule has 0 saturated heterocycles. The van der Waals surface area contributed by atoms with E-state index in [9.17, 15) is 0 Å². The van der Waals surface area contributed by atoms with E-state index in [0.29, 0.717) is 6.23 Å². The Morgan fingerprint density at radius 1 is 1.44 bits per heavy atom. The molecule has 0 aromatic heterocycles. The third-order valence-corrected chi connectivity index (χ3v) is 1.38. The number of ether oxygens (including phenoxy) is 1. The van der Waals surface area contributed by atoms with Crippen molar-refractivity contribution in [1.82, 2.24) is 4.90 Å². The molecule has 0 aliphatic rings. The molecule has 0 aliphatic heterocycles. The molecular formula is C7H17NO. The minimum absolute atomic E-state index is 0.301. The van der Waals surface area contributed by atoms with E-state index in [1.807, 2.05) is 14.1 Å². The number of hydrogen-bond acceptors (Lipinski definition) is 2. The third-order valence-electron chi connectivity index (χ3n) is 1.38. The zero-order valence-electron chi connectivity index (χ0n) is 6.85. The molecule has 1 atom stereocenters. The molecular weight excluding hydrogens is 114 g/mol. The van der Waals surface area contributed by atoms with Gasteiger partial charge in [0.1, 0.15) is 6.23 Å². The van der Waals surface area contributed by atoms with Gasteiger partial charge in [0, 0.05) is 7.11 Å². The Kier molecular flexibility index (Phi) is 4.72. The first kappa shape index (κ1) is 8.92. The fourth-order valence-electron chi connectivity index (χ4n) is 0.834. The van der Waals surface area contributed by atoms with E-state index >= 15 is 0 Å². The van der Waals surface area contributed by atoms with Gasteiger partial charge >= 0.3 is 0 Å². The molecule has 0 fully saturated rings. The summed E-state index contributed by atoms with van der Waals surface area (Å²) in [5, 5.41) is 0. The van der Waals surface area contributed by atoms with Crippen molar-refractivity contribution in [2.24, 2.45) is 0 Å². The maximum absolute atomic E-state index is 5.18. The van der Waals surface area contributed by atoms with E-state index in [2.05, 4.69) is 11.8 Å². The zero-order chi connectivity index (χ0) is 7.28. The van der Waals surface area contributed by atoms with Crippen LogP contribution >= 0.6 is 0 Å². The first-order valence-electron chi connectivity index (χ1n) is 3.41. The van der Waals surface area contributed by atoms with E-state index in [4.69, 9.17) is 4.74 Å². The second-order valence-corrected chi connectivity index (χ2v) is 2.44. The Hall–Kier alpha value is -0.0800. The van der Waals surface area contributed by atoms with Gasteiger partial charge in [0.2, 0.25) is 0 Å². The van der Waals surface area contributed by atoms with Crippen LogP contribution < -0.4 is 0 Å². The molecule has 0 heterocycles. The van der Waals surface area contributed by atoms with Gasteiger partial charge in [-0.2, -0.15) is 0 Å². The standard InChI is InChI=1S/C7H17NO/c1-5-6-7(9-4)8(2)3/h7H,5-6H2,1-4H3. The van der Waals surface area contributed by atoms with Gasteiger partial charge in [0.05, 0.1) is 0 Å². The maximum atomic E-state index is 5.18. The molecule has 0 amide bonds. The summed E-state index contributed by atoms with van der Waals surface area (Å²) >= 11 is 0. The lowest BCUT2D eigenvalue weighted by molar-refractivity contribution is -0.00954. The van der Waals surface area contributed by atoms with Crippen LogP contribution in [-0.2, 0) is 4.74 Å². The summed E-state index contributed by atoms with van der Waals surface area (Å²) in [4.78, 5) is 2.09. The van der Waals surface area contributed by atoms with Crippen LogP contribution in [0.4, 0.5) is 0 Å². The summed E-state index contributed by atoms with van der Waals surface area (Å²) in [6, 6.07) is 0. The van der Waals surface area contributed by atoms with Crippen LogP contribution in [0.3, 0.4) is 0 Å². The predicted octanol–water partition coefficient (Wildman–Crippen LogP) is 1.32. The van der Waals surface area contributed by atoms with Crippen molar-refractivity contribution in [1.29, 1.82) is 0 Å². The number of nitrogens with zero attached hydrogens (tertiary/aromatic N) is 1. The highest BCUT2D eigenvalue weighted by molar-refractivity contribution is 4.50. The van der Waals surface area contributed by atoms with Crippen molar-refractivity contribution in [2.75, 3.05) is 21.2 Å². The molecule has 0 aromatic carbocycles.